The summed E-state index contributed by atoms with van der Waals surface area (Å²) in [6.45, 7) is 2.86. The zero-order valence-electron chi connectivity index (χ0n) is 12.1. The Hall–Kier alpha value is -1.37. The molecule has 0 N–H and O–H groups in total. The largest absolute Gasteiger partial charge is 0.422 e. The van der Waals surface area contributed by atoms with Gasteiger partial charge in [-0.1, -0.05) is 18.5 Å². The van der Waals surface area contributed by atoms with Crippen molar-refractivity contribution in [2.45, 2.75) is 24.7 Å². The van der Waals surface area contributed by atoms with E-state index in [1.54, 1.807) is 18.2 Å². The van der Waals surface area contributed by atoms with Crippen LogP contribution in [-0.4, -0.2) is 25.8 Å². The van der Waals surface area contributed by atoms with E-state index in [9.17, 15) is 13.2 Å². The van der Waals surface area contributed by atoms with Gasteiger partial charge >= 0.3 is 5.63 Å². The van der Waals surface area contributed by atoms with Crippen molar-refractivity contribution in [3.8, 4) is 0 Å². The Bertz CT molecular complexity index is 875. The third kappa shape index (κ3) is 2.78. The number of hydrogen-bond donors (Lipinski definition) is 0. The SMILES string of the molecule is CC1CCCN(S(=O)(=O)c2cc3cc(Cl)ccc3oc2=O)C1. The molecule has 0 bridgehead atoms. The van der Waals surface area contributed by atoms with Crippen LogP contribution in [0.2, 0.25) is 5.02 Å². The Morgan fingerprint density at radius 1 is 1.32 bits per heavy atom. The molecule has 1 unspecified atom stereocenters. The van der Waals surface area contributed by atoms with Crippen LogP contribution in [0.5, 0.6) is 0 Å². The van der Waals surface area contributed by atoms with E-state index in [2.05, 4.69) is 0 Å². The highest BCUT2D eigenvalue weighted by Gasteiger charge is 2.31. The van der Waals surface area contributed by atoms with E-state index in [4.69, 9.17) is 16.0 Å². The van der Waals surface area contributed by atoms with E-state index in [0.29, 0.717) is 29.1 Å². The van der Waals surface area contributed by atoms with Crippen LogP contribution in [0.4, 0.5) is 0 Å². The molecule has 1 aliphatic heterocycles. The lowest BCUT2D eigenvalue weighted by Crippen LogP contribution is -2.40. The number of benzene rings is 1. The molecule has 5 nitrogen and oxygen atoms in total. The highest BCUT2D eigenvalue weighted by molar-refractivity contribution is 7.89. The molecule has 1 atom stereocenters. The van der Waals surface area contributed by atoms with Gasteiger partial charge in [0, 0.05) is 23.5 Å². The fourth-order valence-electron chi connectivity index (χ4n) is 2.76. The van der Waals surface area contributed by atoms with Gasteiger partial charge in [0.25, 0.3) is 0 Å². The van der Waals surface area contributed by atoms with Gasteiger partial charge in [-0.3, -0.25) is 0 Å². The molecule has 22 heavy (non-hydrogen) atoms. The molecule has 0 saturated carbocycles. The molecule has 1 aromatic carbocycles. The van der Waals surface area contributed by atoms with E-state index in [1.165, 1.54) is 10.4 Å². The highest BCUT2D eigenvalue weighted by Crippen LogP contribution is 2.25. The van der Waals surface area contributed by atoms with Gasteiger partial charge in [-0.05, 0) is 43.0 Å². The lowest BCUT2D eigenvalue weighted by Gasteiger charge is -2.29. The molecule has 1 aliphatic rings. The zero-order chi connectivity index (χ0) is 15.9. The average molecular weight is 342 g/mol. The molecule has 0 aliphatic carbocycles. The number of sulfonamides is 1. The Morgan fingerprint density at radius 2 is 2.09 bits per heavy atom. The molecular formula is C15H16ClNO4S. The van der Waals surface area contributed by atoms with Crippen LogP contribution in [0, 0.1) is 5.92 Å². The first-order valence-electron chi connectivity index (χ1n) is 7.11. The van der Waals surface area contributed by atoms with E-state index in [-0.39, 0.29) is 10.8 Å². The second-order valence-corrected chi connectivity index (χ2v) is 8.03. The predicted molar refractivity (Wildman–Crippen MR) is 84.7 cm³/mol. The van der Waals surface area contributed by atoms with Gasteiger partial charge in [-0.2, -0.15) is 4.31 Å². The number of hydrogen-bond acceptors (Lipinski definition) is 4. The highest BCUT2D eigenvalue weighted by atomic mass is 35.5. The summed E-state index contributed by atoms with van der Waals surface area (Å²) in [5.74, 6) is 0.283. The molecule has 1 aromatic heterocycles. The predicted octanol–water partition coefficient (Wildman–Crippen LogP) is 2.87. The van der Waals surface area contributed by atoms with E-state index >= 15 is 0 Å². The van der Waals surface area contributed by atoms with E-state index in [1.807, 2.05) is 6.92 Å². The van der Waals surface area contributed by atoms with Crippen molar-refractivity contribution in [2.24, 2.45) is 5.92 Å². The van der Waals surface area contributed by atoms with Gasteiger partial charge in [0.05, 0.1) is 0 Å². The van der Waals surface area contributed by atoms with Crippen molar-refractivity contribution < 1.29 is 12.8 Å². The van der Waals surface area contributed by atoms with Crippen LogP contribution in [0.3, 0.4) is 0 Å². The Kier molecular flexibility index (Phi) is 4.01. The van der Waals surface area contributed by atoms with Crippen LogP contribution in [0.25, 0.3) is 11.0 Å². The van der Waals surface area contributed by atoms with Gasteiger partial charge in [0.15, 0.2) is 4.90 Å². The van der Waals surface area contributed by atoms with Gasteiger partial charge in [-0.25, -0.2) is 13.2 Å². The smallest absolute Gasteiger partial charge is 0.356 e. The number of nitrogens with zero attached hydrogens (tertiary/aromatic N) is 1. The molecule has 0 amide bonds. The first-order valence-corrected chi connectivity index (χ1v) is 8.93. The molecule has 7 heteroatoms. The van der Waals surface area contributed by atoms with Crippen LogP contribution in [0.15, 0.2) is 38.4 Å². The third-order valence-corrected chi connectivity index (χ3v) is 5.99. The normalized spacial score (nSPS) is 20.4. The van der Waals surface area contributed by atoms with Gasteiger partial charge in [-0.15, -0.1) is 0 Å². The maximum Gasteiger partial charge on any atom is 0.356 e. The lowest BCUT2D eigenvalue weighted by molar-refractivity contribution is 0.280. The van der Waals surface area contributed by atoms with Crippen LogP contribution >= 0.6 is 11.6 Å². The molecule has 0 radical (unpaired) electrons. The van der Waals surface area contributed by atoms with E-state index < -0.39 is 15.6 Å². The van der Waals surface area contributed by atoms with Crippen molar-refractivity contribution >= 4 is 32.6 Å². The Labute approximate surface area is 133 Å². The third-order valence-electron chi connectivity index (χ3n) is 3.90. The maximum atomic E-state index is 12.7. The second-order valence-electron chi connectivity index (χ2n) is 5.69. The molecule has 0 spiro atoms. The molecule has 1 saturated heterocycles. The first-order chi connectivity index (χ1) is 10.4. The molecule has 3 rings (SSSR count). The number of rotatable bonds is 2. The number of fused-ring (bicyclic) bond motifs is 1. The quantitative estimate of drug-likeness (QED) is 0.788. The van der Waals surface area contributed by atoms with Gasteiger partial charge in [0.2, 0.25) is 10.0 Å². The van der Waals surface area contributed by atoms with E-state index in [0.717, 1.165) is 12.8 Å². The maximum absolute atomic E-state index is 12.7. The molecule has 2 aromatic rings. The summed E-state index contributed by atoms with van der Waals surface area (Å²) < 4.78 is 31.9. The second kappa shape index (κ2) is 5.68. The summed E-state index contributed by atoms with van der Waals surface area (Å²) in [4.78, 5) is 11.8. The number of piperidine rings is 1. The van der Waals surface area contributed by atoms with Crippen LogP contribution in [-0.2, 0) is 10.0 Å². The summed E-state index contributed by atoms with van der Waals surface area (Å²) >= 11 is 5.91. The minimum atomic E-state index is -3.85. The van der Waals surface area contributed by atoms with Gasteiger partial charge < -0.3 is 4.42 Å². The summed E-state index contributed by atoms with van der Waals surface area (Å²) in [6, 6.07) is 6.07. The minimum absolute atomic E-state index is 0.283. The molecular weight excluding hydrogens is 326 g/mol. The molecule has 1 fully saturated rings. The van der Waals surface area contributed by atoms with Crippen LogP contribution in [0.1, 0.15) is 19.8 Å². The monoisotopic (exact) mass is 341 g/mol. The fraction of sp³-hybridized carbons (Fsp3) is 0.400. The molecule has 2 heterocycles. The lowest BCUT2D eigenvalue weighted by atomic mass is 10.0. The minimum Gasteiger partial charge on any atom is -0.422 e. The van der Waals surface area contributed by atoms with Gasteiger partial charge in [0.1, 0.15) is 5.58 Å². The van der Waals surface area contributed by atoms with Crippen molar-refractivity contribution in [1.29, 1.82) is 0 Å². The standard InChI is InChI=1S/C15H16ClNO4S/c1-10-3-2-6-17(9-10)22(19,20)14-8-11-7-12(16)4-5-13(11)21-15(14)18/h4-5,7-8,10H,2-3,6,9H2,1H3. The summed E-state index contributed by atoms with van der Waals surface area (Å²) in [5, 5.41) is 0.951. The summed E-state index contributed by atoms with van der Waals surface area (Å²) in [6.07, 6.45) is 1.79. The van der Waals surface area contributed by atoms with Crippen molar-refractivity contribution in [3.63, 3.8) is 0 Å². The van der Waals surface area contributed by atoms with Crippen molar-refractivity contribution in [3.05, 3.63) is 39.7 Å². The number of halogens is 1. The Morgan fingerprint density at radius 3 is 2.82 bits per heavy atom. The first kappa shape index (κ1) is 15.5. The van der Waals surface area contributed by atoms with Crippen LogP contribution < -0.4 is 5.63 Å². The Balaban J connectivity index is 2.12. The average Bonchev–Trinajstić information content (AvgIpc) is 2.47. The summed E-state index contributed by atoms with van der Waals surface area (Å²) in [7, 11) is -3.85. The van der Waals surface area contributed by atoms with Crippen molar-refractivity contribution in [1.82, 2.24) is 4.31 Å². The van der Waals surface area contributed by atoms with Crippen molar-refractivity contribution in [2.75, 3.05) is 13.1 Å². The summed E-state index contributed by atoms with van der Waals surface area (Å²) in [5.41, 5.74) is -0.520. The topological polar surface area (TPSA) is 67.6 Å². The molecule has 118 valence electrons. The zero-order valence-corrected chi connectivity index (χ0v) is 13.7. The fourth-order valence-corrected chi connectivity index (χ4v) is 4.57.